The molecule has 0 saturated carbocycles. The van der Waals surface area contributed by atoms with Crippen molar-refractivity contribution in [2.45, 2.75) is 23.8 Å². The van der Waals surface area contributed by atoms with Crippen LogP contribution >= 0.6 is 11.9 Å². The molecular formula is C19H18F3NO2S. The van der Waals surface area contributed by atoms with Gasteiger partial charge in [0.1, 0.15) is 5.75 Å². The third-order valence-electron chi connectivity index (χ3n) is 3.69. The number of nitrogens with zero attached hydrogens (tertiary/aromatic N) is 1. The number of hydrogen-bond acceptors (Lipinski definition) is 4. The van der Waals surface area contributed by atoms with Gasteiger partial charge >= 0.3 is 6.36 Å². The largest absolute Gasteiger partial charge is 0.573 e. The number of benzene rings is 2. The molecule has 7 heteroatoms. The fraction of sp³-hybridized carbons (Fsp3) is 0.263. The molecular weight excluding hydrogens is 363 g/mol. The molecule has 3 nitrogen and oxygen atoms in total. The summed E-state index contributed by atoms with van der Waals surface area (Å²) >= 11 is 1.48. The van der Waals surface area contributed by atoms with Crippen LogP contribution in [-0.4, -0.2) is 29.9 Å². The SMILES string of the molecule is FC(F)(F)Oc1ccc(SN(Cc2ccccc2)C2C=CCOC2)cc1. The Balaban J connectivity index is 1.72. The maximum Gasteiger partial charge on any atom is 0.573 e. The molecule has 1 aliphatic rings. The van der Waals surface area contributed by atoms with E-state index in [2.05, 4.69) is 15.1 Å². The zero-order chi connectivity index (χ0) is 18.4. The second-order valence-corrected chi connectivity index (χ2v) is 6.83. The Labute approximate surface area is 154 Å². The Kier molecular flexibility index (Phi) is 6.24. The van der Waals surface area contributed by atoms with Crippen molar-refractivity contribution in [1.29, 1.82) is 0 Å². The summed E-state index contributed by atoms with van der Waals surface area (Å²) in [4.78, 5) is 0.828. The van der Waals surface area contributed by atoms with Crippen LogP contribution in [0.4, 0.5) is 13.2 Å². The van der Waals surface area contributed by atoms with Gasteiger partial charge in [-0.2, -0.15) is 0 Å². The molecule has 0 fully saturated rings. The van der Waals surface area contributed by atoms with Gasteiger partial charge < -0.3 is 9.47 Å². The van der Waals surface area contributed by atoms with E-state index in [1.165, 1.54) is 24.1 Å². The van der Waals surface area contributed by atoms with Gasteiger partial charge in [-0.25, -0.2) is 4.31 Å². The Hall–Kier alpha value is -1.96. The third-order valence-corrected chi connectivity index (χ3v) is 4.81. The Morgan fingerprint density at radius 1 is 1.08 bits per heavy atom. The molecule has 3 rings (SSSR count). The monoisotopic (exact) mass is 381 g/mol. The van der Waals surface area contributed by atoms with Crippen molar-refractivity contribution in [3.63, 3.8) is 0 Å². The Bertz CT molecular complexity index is 720. The predicted molar refractivity (Wildman–Crippen MR) is 94.7 cm³/mol. The average molecular weight is 381 g/mol. The minimum absolute atomic E-state index is 0.0834. The van der Waals surface area contributed by atoms with Gasteiger partial charge in [0.25, 0.3) is 0 Å². The quantitative estimate of drug-likeness (QED) is 0.516. The Morgan fingerprint density at radius 3 is 2.42 bits per heavy atom. The molecule has 0 bridgehead atoms. The molecule has 2 aromatic carbocycles. The predicted octanol–water partition coefficient (Wildman–Crippen LogP) is 5.05. The van der Waals surface area contributed by atoms with Crippen molar-refractivity contribution in [2.75, 3.05) is 13.2 Å². The van der Waals surface area contributed by atoms with Crippen LogP contribution in [0.1, 0.15) is 5.56 Å². The van der Waals surface area contributed by atoms with Crippen LogP contribution < -0.4 is 4.74 Å². The zero-order valence-electron chi connectivity index (χ0n) is 13.9. The molecule has 0 amide bonds. The van der Waals surface area contributed by atoms with Gasteiger partial charge in [-0.05, 0) is 41.8 Å². The van der Waals surface area contributed by atoms with Crippen LogP contribution in [0.5, 0.6) is 5.75 Å². The first-order valence-corrected chi connectivity index (χ1v) is 8.86. The van der Waals surface area contributed by atoms with Crippen LogP contribution in [0.2, 0.25) is 0 Å². The molecule has 0 radical (unpaired) electrons. The van der Waals surface area contributed by atoms with E-state index < -0.39 is 6.36 Å². The minimum Gasteiger partial charge on any atom is -0.406 e. The van der Waals surface area contributed by atoms with Crippen molar-refractivity contribution in [3.05, 3.63) is 72.3 Å². The van der Waals surface area contributed by atoms with Crippen molar-refractivity contribution < 1.29 is 22.6 Å². The molecule has 1 heterocycles. The number of alkyl halides is 3. The lowest BCUT2D eigenvalue weighted by atomic mass is 10.2. The summed E-state index contributed by atoms with van der Waals surface area (Å²) in [6.07, 6.45) is -0.605. The van der Waals surface area contributed by atoms with E-state index in [-0.39, 0.29) is 11.8 Å². The Morgan fingerprint density at radius 2 is 1.81 bits per heavy atom. The molecule has 1 unspecified atom stereocenters. The second kappa shape index (κ2) is 8.62. The lowest BCUT2D eigenvalue weighted by Crippen LogP contribution is -2.33. The first kappa shape index (κ1) is 18.8. The zero-order valence-corrected chi connectivity index (χ0v) is 14.7. The summed E-state index contributed by atoms with van der Waals surface area (Å²) in [6, 6.07) is 16.0. The fourth-order valence-corrected chi connectivity index (χ4v) is 3.53. The number of ether oxygens (including phenoxy) is 2. The van der Waals surface area contributed by atoms with Crippen LogP contribution in [-0.2, 0) is 11.3 Å². The highest BCUT2D eigenvalue weighted by atomic mass is 32.2. The highest BCUT2D eigenvalue weighted by Gasteiger charge is 2.31. The van der Waals surface area contributed by atoms with E-state index in [9.17, 15) is 13.2 Å². The summed E-state index contributed by atoms with van der Waals surface area (Å²) in [7, 11) is 0. The van der Waals surface area contributed by atoms with Crippen molar-refractivity contribution >= 4 is 11.9 Å². The molecule has 1 atom stereocenters. The molecule has 0 N–H and O–H groups in total. The topological polar surface area (TPSA) is 21.7 Å². The van der Waals surface area contributed by atoms with Gasteiger partial charge in [-0.1, -0.05) is 42.5 Å². The van der Waals surface area contributed by atoms with Crippen molar-refractivity contribution in [3.8, 4) is 5.75 Å². The van der Waals surface area contributed by atoms with E-state index in [0.29, 0.717) is 19.8 Å². The van der Waals surface area contributed by atoms with Crippen LogP contribution in [0.3, 0.4) is 0 Å². The molecule has 2 aromatic rings. The maximum absolute atomic E-state index is 12.3. The highest BCUT2D eigenvalue weighted by molar-refractivity contribution is 7.97. The summed E-state index contributed by atoms with van der Waals surface area (Å²) in [5.41, 5.74) is 1.15. The van der Waals surface area contributed by atoms with Crippen molar-refractivity contribution in [2.24, 2.45) is 0 Å². The van der Waals surface area contributed by atoms with E-state index in [4.69, 9.17) is 4.74 Å². The van der Waals surface area contributed by atoms with Gasteiger partial charge in [-0.15, -0.1) is 13.2 Å². The fourth-order valence-electron chi connectivity index (χ4n) is 2.52. The standard InChI is InChI=1S/C19H18F3NO2S/c20-19(21,22)25-17-8-10-18(11-9-17)26-23(16-7-4-12-24-14-16)13-15-5-2-1-3-6-15/h1-11,16H,12-14H2. The lowest BCUT2D eigenvalue weighted by molar-refractivity contribution is -0.274. The van der Waals surface area contributed by atoms with Gasteiger partial charge in [-0.3, -0.25) is 0 Å². The molecule has 1 aliphatic heterocycles. The van der Waals surface area contributed by atoms with Gasteiger partial charge in [0, 0.05) is 11.4 Å². The minimum atomic E-state index is -4.68. The summed E-state index contributed by atoms with van der Waals surface area (Å²) < 4.78 is 48.4. The van der Waals surface area contributed by atoms with E-state index in [0.717, 1.165) is 10.5 Å². The van der Waals surface area contributed by atoms with Crippen LogP contribution in [0, 0.1) is 0 Å². The normalized spacial score (nSPS) is 17.5. The van der Waals surface area contributed by atoms with E-state index in [1.54, 1.807) is 12.1 Å². The number of halogens is 3. The highest BCUT2D eigenvalue weighted by Crippen LogP contribution is 2.31. The van der Waals surface area contributed by atoms with E-state index in [1.807, 2.05) is 36.4 Å². The maximum atomic E-state index is 12.3. The molecule has 26 heavy (non-hydrogen) atoms. The van der Waals surface area contributed by atoms with Gasteiger partial charge in [0.15, 0.2) is 0 Å². The molecule has 0 aliphatic carbocycles. The average Bonchev–Trinajstić information content (AvgIpc) is 2.63. The first-order chi connectivity index (χ1) is 12.5. The molecule has 0 saturated heterocycles. The first-order valence-electron chi connectivity index (χ1n) is 8.08. The molecule has 138 valence electrons. The lowest BCUT2D eigenvalue weighted by Gasteiger charge is -2.30. The van der Waals surface area contributed by atoms with Crippen LogP contribution in [0.25, 0.3) is 0 Å². The second-order valence-electron chi connectivity index (χ2n) is 5.70. The number of hydrogen-bond donors (Lipinski definition) is 0. The van der Waals surface area contributed by atoms with Crippen LogP contribution in [0.15, 0.2) is 71.6 Å². The summed E-state index contributed by atoms with van der Waals surface area (Å²) in [5.74, 6) is -0.225. The van der Waals surface area contributed by atoms with Crippen molar-refractivity contribution in [1.82, 2.24) is 4.31 Å². The van der Waals surface area contributed by atoms with Gasteiger partial charge in [0.2, 0.25) is 0 Å². The molecule has 0 spiro atoms. The van der Waals surface area contributed by atoms with E-state index >= 15 is 0 Å². The van der Waals surface area contributed by atoms with Gasteiger partial charge in [0.05, 0.1) is 19.3 Å². The molecule has 0 aromatic heterocycles. The third kappa shape index (κ3) is 5.79. The summed E-state index contributed by atoms with van der Waals surface area (Å²) in [6.45, 7) is 1.86. The summed E-state index contributed by atoms with van der Waals surface area (Å²) in [5, 5.41) is 0. The number of rotatable bonds is 6. The smallest absolute Gasteiger partial charge is 0.406 e.